The van der Waals surface area contributed by atoms with E-state index in [4.69, 9.17) is 10.6 Å². The summed E-state index contributed by atoms with van der Waals surface area (Å²) in [6.45, 7) is 1.85. The van der Waals surface area contributed by atoms with Crippen LogP contribution in [-0.4, -0.2) is 4.98 Å². The number of pyridine rings is 1. The molecule has 104 valence electrons. The molecular weight excluding hydrogens is 264 g/mol. The smallest absolute Gasteiger partial charge is 0.258 e. The molecule has 0 radical (unpaired) electrons. The number of rotatable bonds is 4. The van der Waals surface area contributed by atoms with Gasteiger partial charge in [-0.3, -0.25) is 0 Å². The second-order valence-corrected chi connectivity index (χ2v) is 3.89. The third-order valence-corrected chi connectivity index (χ3v) is 2.51. The summed E-state index contributed by atoms with van der Waals surface area (Å²) in [6, 6.07) is 7.69. The molecule has 3 N–H and O–H groups in total. The van der Waals surface area contributed by atoms with Gasteiger partial charge < -0.3 is 10.2 Å². The summed E-state index contributed by atoms with van der Waals surface area (Å²) in [4.78, 5) is 3.65. The van der Waals surface area contributed by atoms with Gasteiger partial charge in [0.25, 0.3) is 5.88 Å². The molecule has 0 atom stereocenters. The van der Waals surface area contributed by atoms with Gasteiger partial charge in [-0.1, -0.05) is 30.4 Å². The zero-order chi connectivity index (χ0) is 14.5. The molecule has 0 aliphatic rings. The van der Waals surface area contributed by atoms with Crippen molar-refractivity contribution in [1.29, 1.82) is 0 Å². The van der Waals surface area contributed by atoms with Crippen LogP contribution in [0.3, 0.4) is 0 Å². The number of anilines is 1. The number of nitrogens with one attached hydrogen (secondary N) is 1. The number of para-hydroxylation sites is 1. The third-order valence-electron chi connectivity index (χ3n) is 2.51. The van der Waals surface area contributed by atoms with Gasteiger partial charge in [0.05, 0.1) is 0 Å². The minimum Gasteiger partial charge on any atom is -0.436 e. The average Bonchev–Trinajstić information content (AvgIpc) is 2.44. The highest BCUT2D eigenvalue weighted by Gasteiger charge is 2.14. The molecule has 1 aromatic carbocycles. The molecule has 2 rings (SSSR count). The molecule has 0 bridgehead atoms. The van der Waals surface area contributed by atoms with Crippen molar-refractivity contribution in [3.05, 3.63) is 53.6 Å². The van der Waals surface area contributed by atoms with Crippen molar-refractivity contribution in [2.75, 3.05) is 5.43 Å². The van der Waals surface area contributed by atoms with E-state index in [1.807, 2.05) is 24.5 Å². The molecule has 1 heterocycles. The Balaban J connectivity index is 2.40. The summed E-state index contributed by atoms with van der Waals surface area (Å²) in [5, 5.41) is 0. The van der Waals surface area contributed by atoms with Crippen LogP contribution in [0.1, 0.15) is 12.5 Å². The van der Waals surface area contributed by atoms with Crippen LogP contribution in [0.4, 0.5) is 14.6 Å². The van der Waals surface area contributed by atoms with E-state index in [1.165, 1.54) is 0 Å². The second kappa shape index (κ2) is 6.12. The molecule has 1 aromatic heterocycles. The van der Waals surface area contributed by atoms with Crippen LogP contribution in [0.5, 0.6) is 11.6 Å². The van der Waals surface area contributed by atoms with E-state index >= 15 is 0 Å². The second-order valence-electron chi connectivity index (χ2n) is 3.89. The summed E-state index contributed by atoms with van der Waals surface area (Å²) in [5.41, 5.74) is 2.79. The number of allylic oxidation sites excluding steroid dienone is 1. The normalized spacial score (nSPS) is 10.8. The van der Waals surface area contributed by atoms with Crippen LogP contribution >= 0.6 is 0 Å². The Morgan fingerprint density at radius 2 is 2.00 bits per heavy atom. The van der Waals surface area contributed by atoms with Gasteiger partial charge >= 0.3 is 0 Å². The number of hydrogen-bond donors (Lipinski definition) is 2. The predicted octanol–water partition coefficient (Wildman–Crippen LogP) is 3.47. The van der Waals surface area contributed by atoms with Crippen LogP contribution in [0.2, 0.25) is 0 Å². The Bertz CT molecular complexity index is 644. The molecule has 0 amide bonds. The number of hydrazine groups is 1. The maximum Gasteiger partial charge on any atom is 0.258 e. The van der Waals surface area contributed by atoms with Gasteiger partial charge in [0.2, 0.25) is 0 Å². The maximum absolute atomic E-state index is 13.7. The molecule has 0 fully saturated rings. The van der Waals surface area contributed by atoms with E-state index in [9.17, 15) is 8.78 Å². The average molecular weight is 277 g/mol. The number of nitrogen functional groups attached to an aromatic ring is 1. The number of ether oxygens (including phenoxy) is 1. The first-order valence-corrected chi connectivity index (χ1v) is 5.88. The van der Waals surface area contributed by atoms with Crippen molar-refractivity contribution in [3.63, 3.8) is 0 Å². The van der Waals surface area contributed by atoms with Crippen molar-refractivity contribution in [2.45, 2.75) is 6.92 Å². The summed E-state index contributed by atoms with van der Waals surface area (Å²) in [7, 11) is 0. The van der Waals surface area contributed by atoms with Gasteiger partial charge in [-0.25, -0.2) is 14.6 Å². The first-order chi connectivity index (χ1) is 9.65. The Labute approximate surface area is 114 Å². The van der Waals surface area contributed by atoms with E-state index in [1.54, 1.807) is 24.3 Å². The van der Waals surface area contributed by atoms with Crippen molar-refractivity contribution in [3.8, 4) is 11.6 Å². The molecular formula is C14H13F2N3O. The Hall–Kier alpha value is -2.47. The lowest BCUT2D eigenvalue weighted by Crippen LogP contribution is -2.11. The number of benzene rings is 1. The zero-order valence-electron chi connectivity index (χ0n) is 10.7. The van der Waals surface area contributed by atoms with Gasteiger partial charge in [0.15, 0.2) is 17.5 Å². The van der Waals surface area contributed by atoms with Crippen LogP contribution in [0.25, 0.3) is 6.08 Å². The fraction of sp³-hybridized carbons (Fsp3) is 0.0714. The minimum atomic E-state index is -0.906. The Morgan fingerprint density at radius 3 is 2.70 bits per heavy atom. The van der Waals surface area contributed by atoms with Gasteiger partial charge in [0.1, 0.15) is 5.75 Å². The van der Waals surface area contributed by atoms with E-state index < -0.39 is 11.6 Å². The quantitative estimate of drug-likeness (QED) is 0.663. The molecule has 20 heavy (non-hydrogen) atoms. The van der Waals surface area contributed by atoms with Crippen molar-refractivity contribution in [2.24, 2.45) is 5.84 Å². The lowest BCUT2D eigenvalue weighted by Gasteiger charge is -2.10. The molecule has 0 saturated carbocycles. The van der Waals surface area contributed by atoms with Crippen LogP contribution in [0.15, 0.2) is 36.4 Å². The summed E-state index contributed by atoms with van der Waals surface area (Å²) >= 11 is 0. The third kappa shape index (κ3) is 2.92. The highest BCUT2D eigenvalue weighted by molar-refractivity contribution is 5.57. The van der Waals surface area contributed by atoms with Crippen molar-refractivity contribution in [1.82, 2.24) is 4.98 Å². The topological polar surface area (TPSA) is 60.2 Å². The van der Waals surface area contributed by atoms with E-state index in [-0.39, 0.29) is 11.7 Å². The van der Waals surface area contributed by atoms with Gasteiger partial charge in [0, 0.05) is 11.6 Å². The van der Waals surface area contributed by atoms with Crippen LogP contribution < -0.4 is 16.0 Å². The highest BCUT2D eigenvalue weighted by atomic mass is 19.1. The number of nitrogens with two attached hydrogens (primary N) is 1. The van der Waals surface area contributed by atoms with Gasteiger partial charge in [-0.05, 0) is 13.0 Å². The summed E-state index contributed by atoms with van der Waals surface area (Å²) < 4.78 is 32.3. The van der Waals surface area contributed by atoms with Gasteiger partial charge in [-0.2, -0.15) is 4.98 Å². The molecule has 0 aliphatic heterocycles. The van der Waals surface area contributed by atoms with E-state index in [0.29, 0.717) is 11.8 Å². The lowest BCUT2D eigenvalue weighted by molar-refractivity contribution is 0.417. The fourth-order valence-electron chi connectivity index (χ4n) is 1.62. The predicted molar refractivity (Wildman–Crippen MR) is 73.2 cm³/mol. The number of aromatic nitrogens is 1. The van der Waals surface area contributed by atoms with Gasteiger partial charge in [-0.15, -0.1) is 0 Å². The Morgan fingerprint density at radius 1 is 1.25 bits per heavy atom. The van der Waals surface area contributed by atoms with E-state index in [2.05, 4.69) is 4.98 Å². The minimum absolute atomic E-state index is 0.287. The maximum atomic E-state index is 13.7. The molecule has 0 spiro atoms. The largest absolute Gasteiger partial charge is 0.436 e. The number of nitrogens with zero attached hydrogens (tertiary/aromatic N) is 1. The molecule has 2 aromatic rings. The first-order valence-electron chi connectivity index (χ1n) is 5.88. The summed E-state index contributed by atoms with van der Waals surface area (Å²) in [6.07, 6.45) is 3.63. The molecule has 4 nitrogen and oxygen atoms in total. The SMILES string of the molecule is C/C=C/c1ccccc1Oc1nc(NN)c(F)cc1F. The highest BCUT2D eigenvalue weighted by Crippen LogP contribution is 2.28. The zero-order valence-corrected chi connectivity index (χ0v) is 10.7. The summed E-state index contributed by atoms with van der Waals surface area (Å²) in [5.74, 6) is 3.07. The van der Waals surface area contributed by atoms with E-state index in [0.717, 1.165) is 5.56 Å². The van der Waals surface area contributed by atoms with Crippen LogP contribution in [0, 0.1) is 11.6 Å². The first kappa shape index (κ1) is 14.0. The standard InChI is InChI=1S/C14H13F2N3O/c1-2-5-9-6-3-4-7-12(9)20-14-11(16)8-10(15)13(18-14)19-17/h2-8H,17H2,1H3,(H,18,19)/b5-2+. The molecule has 0 unspecified atom stereocenters. The molecule has 0 aliphatic carbocycles. The fourth-order valence-corrected chi connectivity index (χ4v) is 1.62. The number of halogens is 2. The van der Waals surface area contributed by atoms with Crippen molar-refractivity contribution < 1.29 is 13.5 Å². The van der Waals surface area contributed by atoms with Crippen molar-refractivity contribution >= 4 is 11.9 Å². The molecule has 0 saturated heterocycles. The lowest BCUT2D eigenvalue weighted by atomic mass is 10.2. The monoisotopic (exact) mass is 277 g/mol. The number of hydrogen-bond acceptors (Lipinski definition) is 4. The Kier molecular flexibility index (Phi) is 4.27. The van der Waals surface area contributed by atoms with Crippen LogP contribution in [-0.2, 0) is 0 Å². The molecule has 6 heteroatoms.